The number of nitrogens with zero attached hydrogens (tertiary/aromatic N) is 5. The normalized spacial score (nSPS) is 27.1. The number of ether oxygens (including phenoxy) is 2. The quantitative estimate of drug-likeness (QED) is 0.677. The van der Waals surface area contributed by atoms with E-state index in [9.17, 15) is 4.79 Å². The molecule has 0 saturated carbocycles. The number of likely N-dealkylation sites (tertiary alicyclic amines) is 1. The fourth-order valence-electron chi connectivity index (χ4n) is 4.65. The number of carbonyl (C=O) groups excluding carboxylic acids is 1. The molecule has 164 valence electrons. The van der Waals surface area contributed by atoms with Gasteiger partial charge >= 0.3 is 6.01 Å². The van der Waals surface area contributed by atoms with Crippen molar-refractivity contribution in [2.24, 2.45) is 0 Å². The minimum Gasteiger partial charge on any atom is -0.462 e. The van der Waals surface area contributed by atoms with Crippen molar-refractivity contribution < 1.29 is 14.3 Å². The fourth-order valence-corrected chi connectivity index (χ4v) is 4.65. The van der Waals surface area contributed by atoms with Crippen LogP contribution in [0.2, 0.25) is 0 Å². The first kappa shape index (κ1) is 21.1. The van der Waals surface area contributed by atoms with E-state index in [-0.39, 0.29) is 18.1 Å². The Morgan fingerprint density at radius 3 is 2.83 bits per heavy atom. The maximum atomic E-state index is 12.1. The third kappa shape index (κ3) is 4.30. The molecule has 0 N–H and O–H groups in total. The number of anilines is 1. The lowest BCUT2D eigenvalue weighted by molar-refractivity contribution is -0.128. The Morgan fingerprint density at radius 1 is 1.30 bits per heavy atom. The van der Waals surface area contributed by atoms with Gasteiger partial charge in [-0.1, -0.05) is 6.58 Å². The number of likely N-dealkylation sites (N-methyl/N-ethyl adjacent to an activating group) is 1. The summed E-state index contributed by atoms with van der Waals surface area (Å²) in [4.78, 5) is 28.1. The zero-order valence-electron chi connectivity index (χ0n) is 18.3. The van der Waals surface area contributed by atoms with E-state index in [0.717, 1.165) is 36.5 Å². The lowest BCUT2D eigenvalue weighted by Gasteiger charge is -2.41. The molecule has 0 radical (unpaired) electrons. The van der Waals surface area contributed by atoms with Crippen LogP contribution >= 0.6 is 0 Å². The molecule has 0 bridgehead atoms. The van der Waals surface area contributed by atoms with Crippen LogP contribution in [0.5, 0.6) is 6.01 Å². The third-order valence-corrected chi connectivity index (χ3v) is 6.50. The first-order valence-electron chi connectivity index (χ1n) is 11.0. The highest BCUT2D eigenvalue weighted by Crippen LogP contribution is 2.31. The summed E-state index contributed by atoms with van der Waals surface area (Å²) in [7, 11) is 2.14. The highest BCUT2D eigenvalue weighted by atomic mass is 16.5. The molecule has 1 aromatic heterocycles. The summed E-state index contributed by atoms with van der Waals surface area (Å²) in [6, 6.07) is 0.953. The molecule has 4 rings (SSSR count). The number of hydrogen-bond acceptors (Lipinski definition) is 7. The van der Waals surface area contributed by atoms with E-state index in [0.29, 0.717) is 44.9 Å². The van der Waals surface area contributed by atoms with Crippen LogP contribution in [0, 0.1) is 0 Å². The first-order valence-corrected chi connectivity index (χ1v) is 11.0. The summed E-state index contributed by atoms with van der Waals surface area (Å²) in [5.74, 6) is 0.868. The summed E-state index contributed by atoms with van der Waals surface area (Å²) in [6.45, 7) is 12.1. The van der Waals surface area contributed by atoms with Crippen LogP contribution in [0.3, 0.4) is 0 Å². The molecule has 1 amide bonds. The Kier molecular flexibility index (Phi) is 6.24. The lowest BCUT2D eigenvalue weighted by Crippen LogP contribution is -2.54. The standard InChI is InChI=1S/C22H33N5O3/c1-5-20(28)27-10-9-26(12-15(27)2)21-18-14-29-16(3)11-19(18)23-22(24-21)30-13-17-7-6-8-25(17)4/h5,15-17H,1,6-14H2,2-4H3/t15-,16?,17-/m0/s1. The van der Waals surface area contributed by atoms with E-state index in [1.54, 1.807) is 0 Å². The Morgan fingerprint density at radius 2 is 2.13 bits per heavy atom. The van der Waals surface area contributed by atoms with E-state index in [1.165, 1.54) is 12.5 Å². The van der Waals surface area contributed by atoms with Gasteiger partial charge in [0.25, 0.3) is 0 Å². The molecule has 3 aliphatic rings. The highest BCUT2D eigenvalue weighted by molar-refractivity contribution is 5.87. The summed E-state index contributed by atoms with van der Waals surface area (Å²) in [5.41, 5.74) is 2.07. The van der Waals surface area contributed by atoms with Crippen LogP contribution in [0.4, 0.5) is 5.82 Å². The smallest absolute Gasteiger partial charge is 0.318 e. The van der Waals surface area contributed by atoms with Crippen molar-refractivity contribution in [2.75, 3.05) is 44.7 Å². The van der Waals surface area contributed by atoms with Crippen molar-refractivity contribution in [3.8, 4) is 6.01 Å². The lowest BCUT2D eigenvalue weighted by atomic mass is 10.0. The second-order valence-corrected chi connectivity index (χ2v) is 8.70. The number of fused-ring (bicyclic) bond motifs is 1. The largest absolute Gasteiger partial charge is 0.462 e. The number of hydrogen-bond donors (Lipinski definition) is 0. The molecule has 3 aliphatic heterocycles. The van der Waals surface area contributed by atoms with Gasteiger partial charge in [-0.05, 0) is 46.4 Å². The molecule has 1 unspecified atom stereocenters. The number of piperazine rings is 1. The van der Waals surface area contributed by atoms with E-state index < -0.39 is 0 Å². The summed E-state index contributed by atoms with van der Waals surface area (Å²) < 4.78 is 12.0. The van der Waals surface area contributed by atoms with Crippen molar-refractivity contribution in [2.45, 2.75) is 57.9 Å². The average molecular weight is 416 g/mol. The molecule has 4 heterocycles. The Hall–Kier alpha value is -2.19. The van der Waals surface area contributed by atoms with Crippen LogP contribution in [-0.2, 0) is 22.6 Å². The van der Waals surface area contributed by atoms with E-state index >= 15 is 0 Å². The van der Waals surface area contributed by atoms with Crippen LogP contribution < -0.4 is 9.64 Å². The Bertz CT molecular complexity index is 801. The van der Waals surface area contributed by atoms with Gasteiger partial charge in [-0.3, -0.25) is 4.79 Å². The van der Waals surface area contributed by atoms with Crippen LogP contribution in [0.1, 0.15) is 37.9 Å². The predicted molar refractivity (Wildman–Crippen MR) is 115 cm³/mol. The summed E-state index contributed by atoms with van der Waals surface area (Å²) in [6.07, 6.45) is 4.64. The highest BCUT2D eigenvalue weighted by Gasteiger charge is 2.31. The topological polar surface area (TPSA) is 71.0 Å². The van der Waals surface area contributed by atoms with Crippen molar-refractivity contribution in [3.63, 3.8) is 0 Å². The molecule has 0 spiro atoms. The molecule has 0 aromatic carbocycles. The molecule has 8 nitrogen and oxygen atoms in total. The molecule has 8 heteroatoms. The van der Waals surface area contributed by atoms with Gasteiger partial charge < -0.3 is 24.2 Å². The van der Waals surface area contributed by atoms with Gasteiger partial charge in [0.15, 0.2) is 0 Å². The summed E-state index contributed by atoms with van der Waals surface area (Å²) in [5, 5.41) is 0. The SMILES string of the molecule is C=CC(=O)N1CCN(c2nc(OC[C@@H]3CCCN3C)nc3c2COC(C)C3)C[C@@H]1C. The first-order chi connectivity index (χ1) is 14.5. The van der Waals surface area contributed by atoms with Crippen molar-refractivity contribution in [1.82, 2.24) is 19.8 Å². The molecule has 2 saturated heterocycles. The second-order valence-electron chi connectivity index (χ2n) is 8.70. The average Bonchev–Trinajstić information content (AvgIpc) is 3.15. The van der Waals surface area contributed by atoms with Gasteiger partial charge in [0.1, 0.15) is 12.4 Å². The van der Waals surface area contributed by atoms with E-state index in [4.69, 9.17) is 19.4 Å². The van der Waals surface area contributed by atoms with Gasteiger partial charge in [-0.25, -0.2) is 0 Å². The monoisotopic (exact) mass is 415 g/mol. The minimum absolute atomic E-state index is 0.0197. The molecular formula is C22H33N5O3. The zero-order chi connectivity index (χ0) is 21.3. The Labute approximate surface area is 178 Å². The number of aromatic nitrogens is 2. The zero-order valence-corrected chi connectivity index (χ0v) is 18.3. The molecule has 2 fully saturated rings. The van der Waals surface area contributed by atoms with Crippen molar-refractivity contribution in [1.29, 1.82) is 0 Å². The van der Waals surface area contributed by atoms with Crippen LogP contribution in [-0.4, -0.2) is 83.7 Å². The summed E-state index contributed by atoms with van der Waals surface area (Å²) >= 11 is 0. The number of amides is 1. The number of carbonyl (C=O) groups is 1. The molecule has 0 aliphatic carbocycles. The fraction of sp³-hybridized carbons (Fsp3) is 0.682. The molecule has 1 aromatic rings. The van der Waals surface area contributed by atoms with Gasteiger partial charge in [-0.15, -0.1) is 0 Å². The second kappa shape index (κ2) is 8.89. The van der Waals surface area contributed by atoms with Crippen LogP contribution in [0.15, 0.2) is 12.7 Å². The minimum atomic E-state index is -0.0197. The molecular weight excluding hydrogens is 382 g/mol. The maximum Gasteiger partial charge on any atom is 0.318 e. The van der Waals surface area contributed by atoms with Crippen LogP contribution in [0.25, 0.3) is 0 Å². The van der Waals surface area contributed by atoms with Gasteiger partial charge in [-0.2, -0.15) is 9.97 Å². The molecule has 30 heavy (non-hydrogen) atoms. The third-order valence-electron chi connectivity index (χ3n) is 6.50. The van der Waals surface area contributed by atoms with Gasteiger partial charge in [0.2, 0.25) is 5.91 Å². The van der Waals surface area contributed by atoms with Gasteiger partial charge in [0.05, 0.1) is 18.4 Å². The maximum absolute atomic E-state index is 12.1. The number of rotatable bonds is 5. The van der Waals surface area contributed by atoms with Crippen molar-refractivity contribution in [3.05, 3.63) is 23.9 Å². The van der Waals surface area contributed by atoms with E-state index in [2.05, 4.69) is 37.3 Å². The molecule has 3 atom stereocenters. The predicted octanol–water partition coefficient (Wildman–Crippen LogP) is 1.63. The Balaban J connectivity index is 1.56. The van der Waals surface area contributed by atoms with E-state index in [1.807, 2.05) is 4.90 Å². The van der Waals surface area contributed by atoms with Gasteiger partial charge in [0, 0.05) is 43.7 Å². The van der Waals surface area contributed by atoms with Crippen molar-refractivity contribution >= 4 is 11.7 Å².